The minimum Gasteiger partial charge on any atom is -0.306 e. The van der Waals surface area contributed by atoms with E-state index in [1.54, 1.807) is 36.7 Å². The lowest BCUT2D eigenvalue weighted by Crippen LogP contribution is -2.17. The molecule has 2 aromatic heterocycles. The summed E-state index contributed by atoms with van der Waals surface area (Å²) in [6, 6.07) is 11.5. The number of nitrogens with zero attached hydrogens (tertiary/aromatic N) is 3. The van der Waals surface area contributed by atoms with Crippen LogP contribution in [-0.2, 0) is 9.84 Å². The molecule has 0 radical (unpaired) electrons. The number of carbonyl (C=O) groups is 1. The van der Waals surface area contributed by atoms with Gasteiger partial charge in [-0.3, -0.25) is 4.79 Å². The standard InChI is InChI=1S/C22H21ClN4O3S2/c1-12(2)32(29,30)16-7-5-6-15(11-16)21(28)24-18-10-14(4)26-27(18)22-25-19-13(3)8-9-17(23)20(19)31-22/h5-12H,1-4H3,(H,24,28). The largest absolute Gasteiger partial charge is 0.306 e. The maximum atomic E-state index is 13.0. The Morgan fingerprint density at radius 1 is 1.16 bits per heavy atom. The molecule has 0 saturated carbocycles. The monoisotopic (exact) mass is 488 g/mol. The topological polar surface area (TPSA) is 94.0 Å². The minimum absolute atomic E-state index is 0.112. The molecule has 0 bridgehead atoms. The van der Waals surface area contributed by atoms with Crippen molar-refractivity contribution in [2.45, 2.75) is 37.8 Å². The first-order chi connectivity index (χ1) is 15.1. The molecule has 1 amide bonds. The molecule has 4 aromatic rings. The molecule has 32 heavy (non-hydrogen) atoms. The number of fused-ring (bicyclic) bond motifs is 1. The van der Waals surface area contributed by atoms with Crippen LogP contribution < -0.4 is 5.32 Å². The molecule has 166 valence electrons. The second kappa shape index (κ2) is 8.31. The van der Waals surface area contributed by atoms with Gasteiger partial charge in [0.2, 0.25) is 5.13 Å². The molecule has 2 aromatic carbocycles. The number of nitrogens with one attached hydrogen (secondary N) is 1. The highest BCUT2D eigenvalue weighted by molar-refractivity contribution is 7.92. The molecule has 0 saturated heterocycles. The summed E-state index contributed by atoms with van der Waals surface area (Å²) in [5, 5.41) is 7.89. The zero-order valence-electron chi connectivity index (χ0n) is 17.9. The number of aryl methyl sites for hydroxylation is 2. The van der Waals surface area contributed by atoms with Crippen LogP contribution in [0, 0.1) is 13.8 Å². The molecular formula is C22H21ClN4O3S2. The van der Waals surface area contributed by atoms with E-state index in [-0.39, 0.29) is 10.5 Å². The fourth-order valence-electron chi connectivity index (χ4n) is 3.19. The number of rotatable bonds is 5. The van der Waals surface area contributed by atoms with Crippen LogP contribution in [0.4, 0.5) is 5.82 Å². The van der Waals surface area contributed by atoms with E-state index in [0.717, 1.165) is 15.8 Å². The first-order valence-electron chi connectivity index (χ1n) is 9.86. The highest BCUT2D eigenvalue weighted by atomic mass is 35.5. The van der Waals surface area contributed by atoms with Gasteiger partial charge in [-0.05, 0) is 57.5 Å². The molecule has 10 heteroatoms. The van der Waals surface area contributed by atoms with Crippen molar-refractivity contribution in [1.29, 1.82) is 0 Å². The van der Waals surface area contributed by atoms with Crippen LogP contribution in [-0.4, -0.2) is 34.3 Å². The van der Waals surface area contributed by atoms with E-state index < -0.39 is 21.0 Å². The van der Waals surface area contributed by atoms with Crippen molar-refractivity contribution in [3.8, 4) is 5.13 Å². The lowest BCUT2D eigenvalue weighted by atomic mass is 10.2. The van der Waals surface area contributed by atoms with Crippen LogP contribution in [0.5, 0.6) is 0 Å². The Hall–Kier alpha value is -2.75. The third-order valence-electron chi connectivity index (χ3n) is 4.99. The number of amides is 1. The highest BCUT2D eigenvalue weighted by Gasteiger charge is 2.21. The summed E-state index contributed by atoms with van der Waals surface area (Å²) in [7, 11) is -3.49. The van der Waals surface area contributed by atoms with Gasteiger partial charge >= 0.3 is 0 Å². The van der Waals surface area contributed by atoms with Crippen molar-refractivity contribution in [2.24, 2.45) is 0 Å². The lowest BCUT2D eigenvalue weighted by molar-refractivity contribution is 0.102. The number of hydrogen-bond donors (Lipinski definition) is 1. The van der Waals surface area contributed by atoms with Crippen LogP contribution in [0.2, 0.25) is 5.02 Å². The predicted octanol–water partition coefficient (Wildman–Crippen LogP) is 5.19. The zero-order chi connectivity index (χ0) is 23.2. The van der Waals surface area contributed by atoms with E-state index >= 15 is 0 Å². The van der Waals surface area contributed by atoms with Crippen molar-refractivity contribution in [3.05, 3.63) is 64.3 Å². The maximum absolute atomic E-state index is 13.0. The highest BCUT2D eigenvalue weighted by Crippen LogP contribution is 2.34. The van der Waals surface area contributed by atoms with E-state index in [0.29, 0.717) is 21.7 Å². The molecule has 2 heterocycles. The Labute approximate surface area is 195 Å². The van der Waals surface area contributed by atoms with E-state index in [2.05, 4.69) is 15.4 Å². The van der Waals surface area contributed by atoms with Gasteiger partial charge in [-0.15, -0.1) is 0 Å². The normalized spacial score (nSPS) is 11.9. The summed E-state index contributed by atoms with van der Waals surface area (Å²) in [6.07, 6.45) is 0. The van der Waals surface area contributed by atoms with E-state index in [4.69, 9.17) is 11.6 Å². The molecule has 0 unspecified atom stereocenters. The van der Waals surface area contributed by atoms with Crippen LogP contribution in [0.15, 0.2) is 47.4 Å². The number of sulfone groups is 1. The van der Waals surface area contributed by atoms with Gasteiger partial charge < -0.3 is 5.32 Å². The maximum Gasteiger partial charge on any atom is 0.256 e. The van der Waals surface area contributed by atoms with Gasteiger partial charge in [0, 0.05) is 11.6 Å². The first-order valence-corrected chi connectivity index (χ1v) is 12.6. The van der Waals surface area contributed by atoms with Gasteiger partial charge in [-0.25, -0.2) is 13.4 Å². The average Bonchev–Trinajstić information content (AvgIpc) is 3.35. The van der Waals surface area contributed by atoms with Gasteiger partial charge in [0.15, 0.2) is 9.84 Å². The number of carbonyl (C=O) groups excluding carboxylic acids is 1. The Balaban J connectivity index is 1.70. The Kier molecular flexibility index (Phi) is 5.83. The number of halogens is 1. The van der Waals surface area contributed by atoms with Gasteiger partial charge in [-0.2, -0.15) is 9.78 Å². The average molecular weight is 489 g/mol. The Bertz CT molecular complexity index is 1420. The second-order valence-corrected chi connectivity index (χ2v) is 11.6. The van der Waals surface area contributed by atoms with Crippen LogP contribution >= 0.6 is 22.9 Å². The summed E-state index contributed by atoms with van der Waals surface area (Å²) < 4.78 is 27.4. The summed E-state index contributed by atoms with van der Waals surface area (Å²) in [6.45, 7) is 6.98. The van der Waals surface area contributed by atoms with Gasteiger partial charge in [0.25, 0.3) is 5.91 Å². The van der Waals surface area contributed by atoms with Crippen molar-refractivity contribution in [3.63, 3.8) is 0 Å². The fourth-order valence-corrected chi connectivity index (χ4v) is 5.58. The van der Waals surface area contributed by atoms with E-state index in [1.807, 2.05) is 26.0 Å². The zero-order valence-corrected chi connectivity index (χ0v) is 20.3. The molecular weight excluding hydrogens is 468 g/mol. The number of anilines is 1. The Morgan fingerprint density at radius 3 is 2.59 bits per heavy atom. The Morgan fingerprint density at radius 2 is 1.91 bits per heavy atom. The van der Waals surface area contributed by atoms with Crippen molar-refractivity contribution < 1.29 is 13.2 Å². The number of aromatic nitrogens is 3. The van der Waals surface area contributed by atoms with Crippen LogP contribution in [0.3, 0.4) is 0 Å². The molecule has 0 spiro atoms. The summed E-state index contributed by atoms with van der Waals surface area (Å²) >= 11 is 7.71. The smallest absolute Gasteiger partial charge is 0.256 e. The third-order valence-corrected chi connectivity index (χ3v) is 8.63. The van der Waals surface area contributed by atoms with Crippen molar-refractivity contribution in [2.75, 3.05) is 5.32 Å². The fraction of sp³-hybridized carbons (Fsp3) is 0.227. The van der Waals surface area contributed by atoms with Crippen molar-refractivity contribution >= 4 is 54.7 Å². The SMILES string of the molecule is Cc1cc(NC(=O)c2cccc(S(=O)(=O)C(C)C)c2)n(-c2nc3c(C)ccc(Cl)c3s2)n1. The van der Waals surface area contributed by atoms with Gasteiger partial charge in [0.05, 0.1) is 31.1 Å². The van der Waals surface area contributed by atoms with Crippen LogP contribution in [0.25, 0.3) is 15.3 Å². The van der Waals surface area contributed by atoms with Crippen molar-refractivity contribution in [1.82, 2.24) is 14.8 Å². The number of thiazole rings is 1. The molecule has 7 nitrogen and oxygen atoms in total. The molecule has 0 aliphatic rings. The predicted molar refractivity (Wildman–Crippen MR) is 128 cm³/mol. The summed E-state index contributed by atoms with van der Waals surface area (Å²) in [5.41, 5.74) is 2.71. The van der Waals surface area contributed by atoms with Crippen LogP contribution in [0.1, 0.15) is 35.5 Å². The molecule has 0 fully saturated rings. The third kappa shape index (κ3) is 4.03. The molecule has 0 atom stereocenters. The lowest BCUT2D eigenvalue weighted by Gasteiger charge is -2.10. The quantitative estimate of drug-likeness (QED) is 0.417. The van der Waals surface area contributed by atoms with E-state index in [9.17, 15) is 13.2 Å². The number of hydrogen-bond acceptors (Lipinski definition) is 6. The molecule has 0 aliphatic carbocycles. The minimum atomic E-state index is -3.49. The van der Waals surface area contributed by atoms with Gasteiger partial charge in [0.1, 0.15) is 5.82 Å². The summed E-state index contributed by atoms with van der Waals surface area (Å²) in [4.78, 5) is 17.7. The molecule has 4 rings (SSSR count). The number of benzene rings is 2. The molecule has 1 N–H and O–H groups in total. The second-order valence-electron chi connectivity index (χ2n) is 7.70. The first kappa shape index (κ1) is 22.4. The van der Waals surface area contributed by atoms with Gasteiger partial charge in [-0.1, -0.05) is 35.1 Å². The van der Waals surface area contributed by atoms with E-state index in [1.165, 1.54) is 23.5 Å². The summed E-state index contributed by atoms with van der Waals surface area (Å²) in [5.74, 6) is -0.0141. The molecule has 0 aliphatic heterocycles.